The molecule has 1 aliphatic heterocycles. The van der Waals surface area contributed by atoms with E-state index in [9.17, 15) is 4.79 Å². The minimum atomic E-state index is -0.163. The summed E-state index contributed by atoms with van der Waals surface area (Å²) in [5.74, 6) is 1.60. The lowest BCUT2D eigenvalue weighted by molar-refractivity contribution is 0.243. The molecule has 0 saturated carbocycles. The Hall–Kier alpha value is -1.91. The van der Waals surface area contributed by atoms with E-state index < -0.39 is 0 Å². The summed E-state index contributed by atoms with van der Waals surface area (Å²) >= 11 is 0. The highest BCUT2D eigenvalue weighted by molar-refractivity contribution is 5.73. The average molecular weight is 250 g/mol. The van der Waals surface area contributed by atoms with Gasteiger partial charge in [-0.15, -0.1) is 0 Å². The summed E-state index contributed by atoms with van der Waals surface area (Å²) < 4.78 is 11.2. The number of hydrogen-bond donors (Lipinski definition) is 2. The number of amides is 2. The summed E-state index contributed by atoms with van der Waals surface area (Å²) in [5, 5.41) is 5.27. The Labute approximate surface area is 106 Å². The highest BCUT2D eigenvalue weighted by Crippen LogP contribution is 2.30. The first-order valence-electron chi connectivity index (χ1n) is 6.13. The molecule has 5 heteroatoms. The molecule has 98 valence electrons. The van der Waals surface area contributed by atoms with Crippen LogP contribution in [0.15, 0.2) is 18.2 Å². The Morgan fingerprint density at radius 1 is 1.28 bits per heavy atom. The van der Waals surface area contributed by atoms with Crippen molar-refractivity contribution >= 4 is 6.03 Å². The molecule has 0 atom stereocenters. The third-order valence-corrected chi connectivity index (χ3v) is 2.74. The maximum absolute atomic E-state index is 11.0. The number of nitrogens with one attached hydrogen (secondary N) is 2. The van der Waals surface area contributed by atoms with Crippen molar-refractivity contribution in [2.75, 3.05) is 26.8 Å². The van der Waals surface area contributed by atoms with Crippen molar-refractivity contribution in [3.63, 3.8) is 0 Å². The van der Waals surface area contributed by atoms with Gasteiger partial charge in [0.15, 0.2) is 11.5 Å². The summed E-state index contributed by atoms with van der Waals surface area (Å²) in [6, 6.07) is 5.74. The molecule has 0 aromatic heterocycles. The second kappa shape index (κ2) is 6.14. The third-order valence-electron chi connectivity index (χ3n) is 2.74. The van der Waals surface area contributed by atoms with Crippen LogP contribution in [0.5, 0.6) is 11.5 Å². The summed E-state index contributed by atoms with van der Waals surface area (Å²) in [4.78, 5) is 11.0. The number of fused-ring (bicyclic) bond motifs is 1. The number of carbonyl (C=O) groups is 1. The zero-order valence-corrected chi connectivity index (χ0v) is 10.5. The molecule has 1 aromatic rings. The van der Waals surface area contributed by atoms with Crippen molar-refractivity contribution < 1.29 is 14.3 Å². The van der Waals surface area contributed by atoms with Crippen LogP contribution in [0.3, 0.4) is 0 Å². The second-order valence-corrected chi connectivity index (χ2v) is 4.09. The van der Waals surface area contributed by atoms with Gasteiger partial charge in [0.25, 0.3) is 0 Å². The Morgan fingerprint density at radius 3 is 2.83 bits per heavy atom. The SMILES string of the molecule is CNC(=O)NCCc1ccc2c(c1)OCCCO2. The Bertz CT molecular complexity index is 421. The van der Waals surface area contributed by atoms with Crippen molar-refractivity contribution in [2.45, 2.75) is 12.8 Å². The van der Waals surface area contributed by atoms with Gasteiger partial charge in [-0.1, -0.05) is 6.07 Å². The highest BCUT2D eigenvalue weighted by Gasteiger charge is 2.10. The van der Waals surface area contributed by atoms with E-state index in [0.29, 0.717) is 19.8 Å². The maximum Gasteiger partial charge on any atom is 0.314 e. The van der Waals surface area contributed by atoms with Gasteiger partial charge in [-0.05, 0) is 24.1 Å². The van der Waals surface area contributed by atoms with Gasteiger partial charge in [0.05, 0.1) is 13.2 Å². The number of benzene rings is 1. The van der Waals surface area contributed by atoms with Gasteiger partial charge >= 0.3 is 6.03 Å². The van der Waals surface area contributed by atoms with E-state index in [-0.39, 0.29) is 6.03 Å². The summed E-state index contributed by atoms with van der Waals surface area (Å²) in [6.45, 7) is 1.98. The second-order valence-electron chi connectivity index (χ2n) is 4.09. The average Bonchev–Trinajstić information content (AvgIpc) is 2.63. The number of ether oxygens (including phenoxy) is 2. The summed E-state index contributed by atoms with van der Waals surface area (Å²) in [5.41, 5.74) is 1.12. The maximum atomic E-state index is 11.0. The number of carbonyl (C=O) groups excluding carboxylic acids is 1. The molecule has 18 heavy (non-hydrogen) atoms. The zero-order chi connectivity index (χ0) is 12.8. The van der Waals surface area contributed by atoms with Gasteiger partial charge in [0, 0.05) is 20.0 Å². The quantitative estimate of drug-likeness (QED) is 0.850. The molecule has 0 unspecified atom stereocenters. The molecular weight excluding hydrogens is 232 g/mol. The van der Waals surface area contributed by atoms with E-state index in [0.717, 1.165) is 29.9 Å². The fourth-order valence-electron chi connectivity index (χ4n) is 1.77. The fourth-order valence-corrected chi connectivity index (χ4v) is 1.77. The number of urea groups is 1. The normalized spacial score (nSPS) is 13.6. The van der Waals surface area contributed by atoms with Gasteiger partial charge in [-0.25, -0.2) is 4.79 Å². The Morgan fingerprint density at radius 2 is 2.06 bits per heavy atom. The molecule has 2 rings (SSSR count). The molecular formula is C13H18N2O3. The Balaban J connectivity index is 1.93. The minimum absolute atomic E-state index is 0.163. The van der Waals surface area contributed by atoms with E-state index in [4.69, 9.17) is 9.47 Å². The largest absolute Gasteiger partial charge is 0.490 e. The van der Waals surface area contributed by atoms with Crippen molar-refractivity contribution in [3.8, 4) is 11.5 Å². The van der Waals surface area contributed by atoms with E-state index >= 15 is 0 Å². The zero-order valence-electron chi connectivity index (χ0n) is 10.5. The van der Waals surface area contributed by atoms with E-state index in [1.165, 1.54) is 0 Å². The molecule has 5 nitrogen and oxygen atoms in total. The monoisotopic (exact) mass is 250 g/mol. The van der Waals surface area contributed by atoms with Crippen molar-refractivity contribution in [1.29, 1.82) is 0 Å². The van der Waals surface area contributed by atoms with Gasteiger partial charge in [0.2, 0.25) is 0 Å². The smallest absolute Gasteiger partial charge is 0.314 e. The van der Waals surface area contributed by atoms with E-state index in [1.807, 2.05) is 18.2 Å². The van der Waals surface area contributed by atoms with Crippen LogP contribution in [0, 0.1) is 0 Å². The van der Waals surface area contributed by atoms with Crippen LogP contribution in [0.1, 0.15) is 12.0 Å². The van der Waals surface area contributed by atoms with Crippen LogP contribution < -0.4 is 20.1 Å². The first kappa shape index (κ1) is 12.5. The van der Waals surface area contributed by atoms with Crippen molar-refractivity contribution in [3.05, 3.63) is 23.8 Å². The summed E-state index contributed by atoms with van der Waals surface area (Å²) in [7, 11) is 1.60. The van der Waals surface area contributed by atoms with Gasteiger partial charge < -0.3 is 20.1 Å². The van der Waals surface area contributed by atoms with Crippen LogP contribution in [-0.2, 0) is 6.42 Å². The first-order valence-corrected chi connectivity index (χ1v) is 6.13. The number of rotatable bonds is 3. The lowest BCUT2D eigenvalue weighted by Crippen LogP contribution is -2.33. The predicted molar refractivity (Wildman–Crippen MR) is 68.2 cm³/mol. The molecule has 0 fully saturated rings. The fraction of sp³-hybridized carbons (Fsp3) is 0.462. The van der Waals surface area contributed by atoms with Gasteiger partial charge in [-0.2, -0.15) is 0 Å². The van der Waals surface area contributed by atoms with Gasteiger partial charge in [0.1, 0.15) is 0 Å². The highest BCUT2D eigenvalue weighted by atomic mass is 16.5. The Kier molecular flexibility index (Phi) is 4.28. The number of hydrogen-bond acceptors (Lipinski definition) is 3. The van der Waals surface area contributed by atoms with E-state index in [2.05, 4.69) is 10.6 Å². The molecule has 0 spiro atoms. The van der Waals surface area contributed by atoms with Crippen LogP contribution in [0.4, 0.5) is 4.79 Å². The lowest BCUT2D eigenvalue weighted by atomic mass is 10.1. The van der Waals surface area contributed by atoms with Crippen molar-refractivity contribution in [2.24, 2.45) is 0 Å². The molecule has 0 radical (unpaired) electrons. The predicted octanol–water partition coefficient (Wildman–Crippen LogP) is 1.32. The molecule has 0 saturated heterocycles. The van der Waals surface area contributed by atoms with Gasteiger partial charge in [-0.3, -0.25) is 0 Å². The lowest BCUT2D eigenvalue weighted by Gasteiger charge is -2.09. The molecule has 1 heterocycles. The molecule has 2 N–H and O–H groups in total. The first-order chi connectivity index (χ1) is 8.79. The topological polar surface area (TPSA) is 59.6 Å². The molecule has 0 bridgehead atoms. The van der Waals surface area contributed by atoms with Crippen LogP contribution in [-0.4, -0.2) is 32.8 Å². The molecule has 0 aliphatic carbocycles. The minimum Gasteiger partial charge on any atom is -0.490 e. The molecule has 2 amide bonds. The third kappa shape index (κ3) is 3.29. The van der Waals surface area contributed by atoms with Crippen LogP contribution in [0.2, 0.25) is 0 Å². The van der Waals surface area contributed by atoms with Crippen LogP contribution >= 0.6 is 0 Å². The summed E-state index contributed by atoms with van der Waals surface area (Å²) in [6.07, 6.45) is 1.67. The molecule has 1 aromatic carbocycles. The van der Waals surface area contributed by atoms with E-state index in [1.54, 1.807) is 7.05 Å². The standard InChI is InChI=1S/C13H18N2O3/c1-14-13(16)15-6-5-10-3-4-11-12(9-10)18-8-2-7-17-11/h3-4,9H,2,5-8H2,1H3,(H2,14,15,16). The van der Waals surface area contributed by atoms with Crippen molar-refractivity contribution in [1.82, 2.24) is 10.6 Å². The van der Waals surface area contributed by atoms with Crippen LogP contribution in [0.25, 0.3) is 0 Å². The molecule has 1 aliphatic rings.